The number of benzene rings is 1. The lowest BCUT2D eigenvalue weighted by atomic mass is 10.0. The molecule has 3 heterocycles. The third-order valence-electron chi connectivity index (χ3n) is 5.70. The van der Waals surface area contributed by atoms with Gasteiger partial charge in [0.1, 0.15) is 18.4 Å². The van der Waals surface area contributed by atoms with E-state index < -0.39 is 11.7 Å². The topological polar surface area (TPSA) is 57.6 Å². The summed E-state index contributed by atoms with van der Waals surface area (Å²) in [5, 5.41) is 9.89. The number of anilines is 2. The van der Waals surface area contributed by atoms with Gasteiger partial charge in [-0.2, -0.15) is 18.3 Å². The maximum absolute atomic E-state index is 13.6. The van der Waals surface area contributed by atoms with Crippen molar-refractivity contribution in [3.8, 4) is 0 Å². The monoisotopic (exact) mass is 444 g/mol. The number of hydrogen-bond donors (Lipinski definition) is 2. The molecule has 168 valence electrons. The summed E-state index contributed by atoms with van der Waals surface area (Å²) in [5.74, 6) is 2.08. The normalized spacial score (nSPS) is 20.4. The number of nitrogens with zero attached hydrogens (tertiary/aromatic N) is 4. The van der Waals surface area contributed by atoms with Crippen molar-refractivity contribution in [2.75, 3.05) is 37.1 Å². The van der Waals surface area contributed by atoms with Gasteiger partial charge in [0.25, 0.3) is 0 Å². The van der Waals surface area contributed by atoms with Crippen LogP contribution in [-0.2, 0) is 17.5 Å². The van der Waals surface area contributed by atoms with Crippen LogP contribution < -0.4 is 15.6 Å². The molecule has 0 radical (unpaired) electrons. The minimum Gasteiger partial charge on any atom is -0.359 e. The van der Waals surface area contributed by atoms with Crippen LogP contribution in [0.1, 0.15) is 11.1 Å². The molecule has 2 aromatic rings. The van der Waals surface area contributed by atoms with Gasteiger partial charge in [0.2, 0.25) is 0 Å². The number of aromatic nitrogens is 2. The zero-order valence-electron chi connectivity index (χ0n) is 17.4. The molecule has 1 unspecified atom stereocenters. The van der Waals surface area contributed by atoms with Gasteiger partial charge in [-0.15, -0.1) is 0 Å². The van der Waals surface area contributed by atoms with Crippen LogP contribution in [0, 0.1) is 0 Å². The number of fused-ring (bicyclic) bond motifs is 1. The van der Waals surface area contributed by atoms with Crippen molar-refractivity contribution >= 4 is 11.6 Å². The highest BCUT2D eigenvalue weighted by molar-refractivity contribution is 5.56. The lowest BCUT2D eigenvalue weighted by Crippen LogP contribution is -2.35. The maximum atomic E-state index is 13.6. The quantitative estimate of drug-likeness (QED) is 0.738. The van der Waals surface area contributed by atoms with Gasteiger partial charge >= 0.3 is 6.18 Å². The van der Waals surface area contributed by atoms with Crippen LogP contribution in [0.5, 0.6) is 0 Å². The molecule has 5 rings (SSSR count). The first-order valence-electron chi connectivity index (χ1n) is 10.3. The number of allylic oxidation sites excluding steroid dienone is 2. The van der Waals surface area contributed by atoms with E-state index in [-0.39, 0.29) is 18.2 Å². The molecular weight excluding hydrogens is 421 g/mol. The van der Waals surface area contributed by atoms with Crippen LogP contribution in [0.15, 0.2) is 66.0 Å². The van der Waals surface area contributed by atoms with E-state index in [9.17, 15) is 13.2 Å². The summed E-state index contributed by atoms with van der Waals surface area (Å²) in [7, 11) is 1.89. The molecule has 1 aromatic carbocycles. The van der Waals surface area contributed by atoms with Crippen molar-refractivity contribution in [2.45, 2.75) is 18.8 Å². The number of halogens is 3. The molecule has 7 nitrogen and oxygen atoms in total. The number of hydrazine groups is 1. The van der Waals surface area contributed by atoms with Gasteiger partial charge in [0.15, 0.2) is 5.82 Å². The Morgan fingerprint density at radius 3 is 2.88 bits per heavy atom. The van der Waals surface area contributed by atoms with Crippen molar-refractivity contribution in [3.63, 3.8) is 0 Å². The van der Waals surface area contributed by atoms with Crippen LogP contribution in [0.2, 0.25) is 0 Å². The largest absolute Gasteiger partial charge is 0.416 e. The molecule has 0 saturated carbocycles. The van der Waals surface area contributed by atoms with Crippen molar-refractivity contribution in [1.29, 1.82) is 0 Å². The first kappa shape index (κ1) is 20.7. The summed E-state index contributed by atoms with van der Waals surface area (Å²) in [6, 6.07) is 7.49. The van der Waals surface area contributed by atoms with E-state index in [1.54, 1.807) is 10.7 Å². The van der Waals surface area contributed by atoms with E-state index in [1.807, 2.05) is 47.3 Å². The Morgan fingerprint density at radius 2 is 2.09 bits per heavy atom. The first-order valence-corrected chi connectivity index (χ1v) is 10.3. The average Bonchev–Trinajstić information content (AvgIpc) is 3.48. The van der Waals surface area contributed by atoms with Crippen LogP contribution in [-0.4, -0.2) is 47.8 Å². The molecule has 2 N–H and O–H groups in total. The second-order valence-corrected chi connectivity index (χ2v) is 7.84. The summed E-state index contributed by atoms with van der Waals surface area (Å²) in [6.45, 7) is 1.65. The molecule has 1 aromatic heterocycles. The van der Waals surface area contributed by atoms with Gasteiger partial charge in [0.05, 0.1) is 24.8 Å². The van der Waals surface area contributed by atoms with Crippen LogP contribution in [0.4, 0.5) is 24.8 Å². The van der Waals surface area contributed by atoms with Crippen molar-refractivity contribution in [1.82, 2.24) is 20.2 Å². The van der Waals surface area contributed by atoms with Gasteiger partial charge in [-0.1, -0.05) is 42.5 Å². The Kier molecular flexibility index (Phi) is 5.18. The predicted octanol–water partition coefficient (Wildman–Crippen LogP) is 3.31. The fourth-order valence-electron chi connectivity index (χ4n) is 4.09. The van der Waals surface area contributed by atoms with E-state index in [1.165, 1.54) is 12.1 Å². The maximum Gasteiger partial charge on any atom is 0.416 e. The Hall–Kier alpha value is -3.24. The fourth-order valence-corrected chi connectivity index (χ4v) is 4.09. The molecular formula is C22H23F3N6O. The Balaban J connectivity index is 1.52. The Labute approximate surface area is 183 Å². The first-order chi connectivity index (χ1) is 15.4. The van der Waals surface area contributed by atoms with Gasteiger partial charge in [-0.05, 0) is 11.6 Å². The molecule has 1 fully saturated rings. The summed E-state index contributed by atoms with van der Waals surface area (Å²) < 4.78 is 47.7. The molecule has 1 saturated heterocycles. The molecule has 10 heteroatoms. The third-order valence-corrected chi connectivity index (χ3v) is 5.70. The minimum atomic E-state index is -4.43. The SMILES string of the molecule is CN1NC2C=CC=CC2=C1Nc1cc(N2CCOC2)nn1Cc1ccccc1C(F)(F)F. The predicted molar refractivity (Wildman–Crippen MR) is 115 cm³/mol. The Bertz CT molecular complexity index is 1100. The van der Waals surface area contributed by atoms with E-state index in [0.717, 1.165) is 17.5 Å². The number of hydrogen-bond acceptors (Lipinski definition) is 6. The van der Waals surface area contributed by atoms with Gasteiger partial charge in [-0.25, -0.2) is 10.1 Å². The highest BCUT2D eigenvalue weighted by Gasteiger charge is 2.33. The Morgan fingerprint density at radius 1 is 1.25 bits per heavy atom. The second-order valence-electron chi connectivity index (χ2n) is 7.84. The number of ether oxygens (including phenoxy) is 1. The molecule has 0 bridgehead atoms. The van der Waals surface area contributed by atoms with Crippen LogP contribution >= 0.6 is 0 Å². The molecule has 0 amide bonds. The lowest BCUT2D eigenvalue weighted by Gasteiger charge is -2.19. The molecule has 2 aliphatic heterocycles. The van der Waals surface area contributed by atoms with Crippen molar-refractivity contribution in [2.24, 2.45) is 0 Å². The third kappa shape index (κ3) is 3.87. The van der Waals surface area contributed by atoms with Crippen LogP contribution in [0.3, 0.4) is 0 Å². The molecule has 0 spiro atoms. The van der Waals surface area contributed by atoms with Crippen molar-refractivity contribution in [3.05, 3.63) is 77.2 Å². The van der Waals surface area contributed by atoms with Gasteiger partial charge in [-0.3, -0.25) is 5.01 Å². The van der Waals surface area contributed by atoms with Crippen molar-refractivity contribution < 1.29 is 17.9 Å². The van der Waals surface area contributed by atoms with Gasteiger partial charge < -0.3 is 15.0 Å². The number of alkyl halides is 3. The molecule has 1 aliphatic carbocycles. The molecule has 1 atom stereocenters. The zero-order valence-corrected chi connectivity index (χ0v) is 17.4. The highest BCUT2D eigenvalue weighted by atomic mass is 19.4. The van der Waals surface area contributed by atoms with E-state index in [2.05, 4.69) is 15.8 Å². The van der Waals surface area contributed by atoms with Gasteiger partial charge in [0, 0.05) is 25.2 Å². The number of nitrogens with one attached hydrogen (secondary N) is 2. The number of rotatable bonds is 5. The fraction of sp³-hybridized carbons (Fsp3) is 0.318. The smallest absolute Gasteiger partial charge is 0.359 e. The summed E-state index contributed by atoms with van der Waals surface area (Å²) >= 11 is 0. The second kappa shape index (κ2) is 8.03. The van der Waals surface area contributed by atoms with E-state index in [0.29, 0.717) is 31.5 Å². The highest BCUT2D eigenvalue weighted by Crippen LogP contribution is 2.33. The minimum absolute atomic E-state index is 0.0222. The summed E-state index contributed by atoms with van der Waals surface area (Å²) in [5.41, 5.74) is 3.88. The molecule has 32 heavy (non-hydrogen) atoms. The van der Waals surface area contributed by atoms with Crippen LogP contribution in [0.25, 0.3) is 0 Å². The lowest BCUT2D eigenvalue weighted by molar-refractivity contribution is -0.138. The zero-order chi connectivity index (χ0) is 22.3. The van der Waals surface area contributed by atoms with E-state index in [4.69, 9.17) is 4.74 Å². The van der Waals surface area contributed by atoms with E-state index >= 15 is 0 Å². The summed E-state index contributed by atoms with van der Waals surface area (Å²) in [6.07, 6.45) is 3.55. The molecule has 3 aliphatic rings. The summed E-state index contributed by atoms with van der Waals surface area (Å²) in [4.78, 5) is 1.96. The average molecular weight is 444 g/mol. The standard InChI is InChI=1S/C22H23F3N6O/c1-29-21(16-7-3-5-9-18(16)27-29)26-19-12-20(30-10-11-32-14-30)28-31(19)13-15-6-2-4-8-17(15)22(23,24)25/h2-9,12,18,26-27H,10-11,13-14H2,1H3.